The van der Waals surface area contributed by atoms with Crippen LogP contribution in [0.3, 0.4) is 0 Å². The molecule has 0 saturated carbocycles. The van der Waals surface area contributed by atoms with E-state index in [9.17, 15) is 29.4 Å². The van der Waals surface area contributed by atoms with Crippen molar-refractivity contribution in [3.8, 4) is 0 Å². The van der Waals surface area contributed by atoms with E-state index < -0.39 is 30.3 Å². The summed E-state index contributed by atoms with van der Waals surface area (Å²) in [6, 6.07) is 5.03. The summed E-state index contributed by atoms with van der Waals surface area (Å²) in [5.41, 5.74) is 7.49. The number of anilines is 1. The molecule has 20 heteroatoms. The smallest absolute Gasteiger partial charge is 0.550 e. The third kappa shape index (κ3) is 14.3. The summed E-state index contributed by atoms with van der Waals surface area (Å²) in [5, 5.41) is 24.3. The number of nitrogens with zero attached hydrogens (tertiary/aromatic N) is 1. The van der Waals surface area contributed by atoms with E-state index in [0.29, 0.717) is 23.9 Å². The summed E-state index contributed by atoms with van der Waals surface area (Å²) in [5.74, 6) is -3.62. The van der Waals surface area contributed by atoms with E-state index >= 15 is 0 Å². The first kappa shape index (κ1) is 53.8. The maximum atomic E-state index is 12.2. The van der Waals surface area contributed by atoms with Crippen LogP contribution in [-0.4, -0.2) is 77.2 Å². The number of rotatable bonds is 9. The molecule has 2 aromatic heterocycles. The van der Waals surface area contributed by atoms with Crippen LogP contribution in [0.5, 0.6) is 0 Å². The van der Waals surface area contributed by atoms with Gasteiger partial charge in [-0.15, -0.1) is 0 Å². The fourth-order valence-corrected chi connectivity index (χ4v) is 3.17. The van der Waals surface area contributed by atoms with Gasteiger partial charge >= 0.3 is 59.1 Å². The third-order valence-electron chi connectivity index (χ3n) is 4.77. The number of aromatic nitrogens is 3. The second-order valence-corrected chi connectivity index (χ2v) is 6.94. The van der Waals surface area contributed by atoms with Crippen molar-refractivity contribution in [1.29, 1.82) is 0 Å². The van der Waals surface area contributed by atoms with E-state index in [2.05, 4.69) is 20.3 Å². The molecule has 1 aromatic carbocycles. The molecule has 1 atom stereocenters. The number of carbonyl (C=O) groups excluding carboxylic acids is 3. The first-order chi connectivity index (χ1) is 14.7. The van der Waals surface area contributed by atoms with Crippen LogP contribution in [0, 0.1) is 0 Å². The summed E-state index contributed by atoms with van der Waals surface area (Å²) in [6.45, 7) is 0. The second kappa shape index (κ2) is 24.4. The van der Waals surface area contributed by atoms with Crippen LogP contribution in [0.15, 0.2) is 35.3 Å². The number of benzene rings is 1. The number of H-pyrrole nitrogens is 2. The molecule has 3 aromatic rings. The minimum absolute atomic E-state index is 0. The molecule has 0 saturated heterocycles. The van der Waals surface area contributed by atoms with Crippen molar-refractivity contribution in [1.82, 2.24) is 20.3 Å². The number of carboxylic acid groups (broad SMARTS) is 2. The van der Waals surface area contributed by atoms with Crippen molar-refractivity contribution < 1.29 is 122 Å². The van der Waals surface area contributed by atoms with Gasteiger partial charge in [0.2, 0.25) is 5.95 Å². The van der Waals surface area contributed by atoms with E-state index in [1.165, 1.54) is 12.1 Å². The Bertz CT molecular complexity index is 1210. The number of nitrogens with two attached hydrogens (primary N) is 1. The van der Waals surface area contributed by atoms with Crippen LogP contribution in [0.4, 0.5) is 5.95 Å². The van der Waals surface area contributed by atoms with Gasteiger partial charge in [0.1, 0.15) is 5.65 Å². The summed E-state index contributed by atoms with van der Waals surface area (Å²) in [4.78, 5) is 55.4. The largest absolute Gasteiger partial charge is 1.00 e. The predicted octanol–water partition coefficient (Wildman–Crippen LogP) is -13.8. The number of hydrogen-bond donors (Lipinski definition) is 4. The van der Waals surface area contributed by atoms with Gasteiger partial charge in [0.25, 0.3) is 11.5 Å². The van der Waals surface area contributed by atoms with Crippen LogP contribution in [0.1, 0.15) is 34.3 Å². The molecular weight excluding hydrogens is 564 g/mol. The zero-order valence-electron chi connectivity index (χ0n) is 21.8. The molecule has 40 heavy (non-hydrogen) atoms. The normalized spacial score (nSPS) is 9.20. The maximum absolute atomic E-state index is 12.2. The number of aliphatic carboxylic acids is 2. The molecule has 0 radical (unpaired) electrons. The average Bonchev–Trinajstić information content (AvgIpc) is 3.12. The number of nitrogens with one attached hydrogen (secondary N) is 3. The van der Waals surface area contributed by atoms with Gasteiger partial charge in [-0.3, -0.25) is 14.6 Å². The maximum Gasteiger partial charge on any atom is 1.00 e. The van der Waals surface area contributed by atoms with E-state index in [-0.39, 0.29) is 121 Å². The molecule has 0 bridgehead atoms. The Hall–Kier alpha value is -2.43. The number of aromatic amines is 2. The van der Waals surface area contributed by atoms with E-state index in [1.807, 2.05) is 0 Å². The molecule has 0 spiro atoms. The Morgan fingerprint density at radius 3 is 1.98 bits per heavy atom. The molecule has 1 amide bonds. The first-order valence-corrected chi connectivity index (χ1v) is 9.41. The van der Waals surface area contributed by atoms with E-state index in [4.69, 9.17) is 5.73 Å². The summed E-state index contributed by atoms with van der Waals surface area (Å²) < 4.78 is 0. The molecule has 218 valence electrons. The Balaban J connectivity index is -0.000000242. The van der Waals surface area contributed by atoms with Gasteiger partial charge in [-0.25, -0.2) is 0 Å². The van der Waals surface area contributed by atoms with Crippen molar-refractivity contribution in [2.75, 3.05) is 5.73 Å². The molecule has 0 aliphatic carbocycles. The Labute approximate surface area is 270 Å². The molecule has 19 N–H and O–H groups in total. The number of aryl methyl sites for hydroxylation is 2. The Morgan fingerprint density at radius 2 is 1.48 bits per heavy atom. The summed E-state index contributed by atoms with van der Waals surface area (Å²) in [7, 11) is 0. The standard InChI is InChI=1S/C20H21N5O6.2Na.7H2O/c21-20-24-16-15(18(29)25-20)12(9-22-16)6-3-10-1-4-11(5-2-10)17(28)23-13(19(30)31)7-8-14(26)27;;;;;;;;;/h1-2,4-5,9,13H,3,6-8H2,(H,23,28)(H,26,27)(H,30,31)(H4,21,22,24,25,29);;;7*1H2/q;2*+1;;;;;;;/p-2/t13-;;;;;;;;;/m0........./s1. The number of carboxylic acids is 2. The van der Waals surface area contributed by atoms with Gasteiger partial charge in [-0.05, 0) is 48.9 Å². The molecule has 0 unspecified atom stereocenters. The number of hydrogen-bond acceptors (Lipinski definition) is 8. The third-order valence-corrected chi connectivity index (χ3v) is 4.77. The molecule has 0 aliphatic heterocycles. The number of fused-ring (bicyclic) bond motifs is 1. The predicted molar refractivity (Wildman–Crippen MR) is 131 cm³/mol. The zero-order valence-corrected chi connectivity index (χ0v) is 25.8. The molecule has 0 aliphatic rings. The van der Waals surface area contributed by atoms with Gasteiger partial charge in [-0.2, -0.15) is 4.98 Å². The van der Waals surface area contributed by atoms with Gasteiger partial charge in [0.05, 0.1) is 17.4 Å². The topological polar surface area (TPSA) is 417 Å². The minimum Gasteiger partial charge on any atom is -0.550 e. The van der Waals surface area contributed by atoms with Crippen LogP contribution < -0.4 is 85.9 Å². The Kier molecular flexibility index (Phi) is 32.8. The van der Waals surface area contributed by atoms with Crippen LogP contribution >= 0.6 is 0 Å². The molecule has 0 fully saturated rings. The zero-order chi connectivity index (χ0) is 22.5. The van der Waals surface area contributed by atoms with Crippen molar-refractivity contribution in [2.45, 2.75) is 31.7 Å². The fraction of sp³-hybridized carbons (Fsp3) is 0.250. The van der Waals surface area contributed by atoms with Crippen molar-refractivity contribution in [3.63, 3.8) is 0 Å². The first-order valence-electron chi connectivity index (χ1n) is 9.41. The quantitative estimate of drug-likeness (QED) is 0.171. The van der Waals surface area contributed by atoms with Gasteiger partial charge in [0, 0.05) is 17.7 Å². The molecular formula is C20H33N5Na2O13. The minimum atomic E-state index is -1.57. The average molecular weight is 597 g/mol. The van der Waals surface area contributed by atoms with Gasteiger partial charge in [0.15, 0.2) is 0 Å². The second-order valence-electron chi connectivity index (χ2n) is 6.94. The number of amides is 1. The van der Waals surface area contributed by atoms with Crippen molar-refractivity contribution in [3.05, 3.63) is 57.5 Å². The van der Waals surface area contributed by atoms with Crippen LogP contribution in [-0.2, 0) is 22.4 Å². The number of nitrogen functional groups attached to an aromatic ring is 1. The van der Waals surface area contributed by atoms with Gasteiger partial charge < -0.3 is 74.2 Å². The van der Waals surface area contributed by atoms with Crippen molar-refractivity contribution >= 4 is 34.8 Å². The fourth-order valence-electron chi connectivity index (χ4n) is 3.17. The van der Waals surface area contributed by atoms with E-state index in [0.717, 1.165) is 11.1 Å². The number of carbonyl (C=O) groups is 3. The molecule has 18 nitrogen and oxygen atoms in total. The monoisotopic (exact) mass is 597 g/mol. The van der Waals surface area contributed by atoms with Crippen molar-refractivity contribution in [2.24, 2.45) is 0 Å². The summed E-state index contributed by atoms with van der Waals surface area (Å²) in [6.07, 6.45) is 1.96. The Morgan fingerprint density at radius 1 is 0.925 bits per heavy atom. The van der Waals surface area contributed by atoms with Crippen LogP contribution in [0.2, 0.25) is 0 Å². The SMILES string of the molecule is Nc1nc2[nH]cc(CCc3ccc(C(=O)N[C@@H](CCC(=O)[O-])C(=O)[O-])cc3)c2c(=O)[nH]1.O.O.O.O.O.O.O.[Na+].[Na+]. The summed E-state index contributed by atoms with van der Waals surface area (Å²) >= 11 is 0. The van der Waals surface area contributed by atoms with Crippen LogP contribution in [0.25, 0.3) is 11.0 Å². The van der Waals surface area contributed by atoms with E-state index in [1.54, 1.807) is 18.3 Å². The van der Waals surface area contributed by atoms with Gasteiger partial charge in [-0.1, -0.05) is 12.1 Å². The molecule has 3 rings (SSSR count). The molecule has 2 heterocycles.